The Kier molecular flexibility index (Phi) is 9.11. The number of rotatable bonds is 0. The highest BCUT2D eigenvalue weighted by Crippen LogP contribution is 2.13. The fraction of sp³-hybridized carbons (Fsp3) is 0.208. The van der Waals surface area contributed by atoms with Crippen LogP contribution < -0.4 is 16.7 Å². The van der Waals surface area contributed by atoms with Crippen molar-refractivity contribution in [3.63, 3.8) is 0 Å². The van der Waals surface area contributed by atoms with E-state index in [-0.39, 0.29) is 31.5 Å². The van der Waals surface area contributed by atoms with Gasteiger partial charge in [-0.2, -0.15) is 5.10 Å². The van der Waals surface area contributed by atoms with E-state index >= 15 is 0 Å². The van der Waals surface area contributed by atoms with Crippen molar-refractivity contribution in [3.8, 4) is 0 Å². The Morgan fingerprint density at radius 1 is 0.694 bits per heavy atom. The average molecular weight is 509 g/mol. The van der Waals surface area contributed by atoms with Crippen LogP contribution in [-0.2, 0) is 0 Å². The lowest BCUT2D eigenvalue weighted by Crippen LogP contribution is -2.09. The molecule has 1 aromatic carbocycles. The van der Waals surface area contributed by atoms with E-state index in [0.29, 0.717) is 39.3 Å². The monoisotopic (exact) mass is 508 g/mol. The highest BCUT2D eigenvalue weighted by Gasteiger charge is 2.01. The number of thiophene rings is 1. The molecule has 0 fully saturated rings. The highest BCUT2D eigenvalue weighted by atomic mass is 32.1. The van der Waals surface area contributed by atoms with Crippen LogP contribution in [0.25, 0.3) is 32.2 Å². The molecule has 0 amide bonds. The Hall–Kier alpha value is -4.45. The van der Waals surface area contributed by atoms with E-state index in [1.807, 2.05) is 23.6 Å². The lowest BCUT2D eigenvalue weighted by molar-refractivity contribution is 1.05. The van der Waals surface area contributed by atoms with Crippen LogP contribution in [0.5, 0.6) is 0 Å². The number of benzene rings is 1. The molecule has 11 nitrogen and oxygen atoms in total. The first-order valence-electron chi connectivity index (χ1n) is 10.1. The lowest BCUT2D eigenvalue weighted by atomic mass is 10.2. The van der Waals surface area contributed by atoms with E-state index in [1.165, 1.54) is 17.5 Å². The van der Waals surface area contributed by atoms with Crippen molar-refractivity contribution in [3.05, 3.63) is 90.4 Å². The SMILES string of the molecule is C.C.Cc1nc2ccccc2c(=O)[nH]1.Cc1nc2cn[nH]c2c(=O)[nH]1.Cc1nc2sccc2c(=O)[nH]1. The fourth-order valence-corrected chi connectivity index (χ4v) is 3.95. The van der Waals surface area contributed by atoms with Crippen molar-refractivity contribution in [2.75, 3.05) is 0 Å². The van der Waals surface area contributed by atoms with Crippen molar-refractivity contribution >= 4 is 43.5 Å². The number of aromatic amines is 4. The van der Waals surface area contributed by atoms with E-state index in [1.54, 1.807) is 32.9 Å². The molecule has 0 aliphatic rings. The number of aryl methyl sites for hydroxylation is 3. The smallest absolute Gasteiger partial charge is 0.276 e. The van der Waals surface area contributed by atoms with Gasteiger partial charge in [0.15, 0.2) is 0 Å². The summed E-state index contributed by atoms with van der Waals surface area (Å²) in [4.78, 5) is 54.6. The largest absolute Gasteiger partial charge is 0.310 e. The minimum atomic E-state index is -0.176. The molecule has 6 rings (SSSR count). The Labute approximate surface area is 209 Å². The molecule has 0 saturated heterocycles. The molecule has 0 bridgehead atoms. The number of hydrogen-bond donors (Lipinski definition) is 4. The first-order valence-corrected chi connectivity index (χ1v) is 11.0. The second kappa shape index (κ2) is 11.8. The van der Waals surface area contributed by atoms with Gasteiger partial charge in [0, 0.05) is 0 Å². The average Bonchev–Trinajstić information content (AvgIpc) is 3.44. The van der Waals surface area contributed by atoms with Gasteiger partial charge in [-0.3, -0.25) is 19.5 Å². The third kappa shape index (κ3) is 6.16. The number of nitrogens with one attached hydrogen (secondary N) is 4. The predicted molar refractivity (Wildman–Crippen MR) is 145 cm³/mol. The summed E-state index contributed by atoms with van der Waals surface area (Å²) in [7, 11) is 0. The molecule has 0 unspecified atom stereocenters. The van der Waals surface area contributed by atoms with Crippen molar-refractivity contribution in [1.29, 1.82) is 0 Å². The summed E-state index contributed by atoms with van der Waals surface area (Å²) in [6.07, 6.45) is 1.53. The molecule has 36 heavy (non-hydrogen) atoms. The summed E-state index contributed by atoms with van der Waals surface area (Å²) in [5.74, 6) is 1.92. The number of nitrogens with zero attached hydrogens (tertiary/aromatic N) is 4. The van der Waals surface area contributed by atoms with Gasteiger partial charge in [-0.1, -0.05) is 27.0 Å². The van der Waals surface area contributed by atoms with E-state index < -0.39 is 0 Å². The molecular formula is C24H28N8O3S. The van der Waals surface area contributed by atoms with E-state index in [4.69, 9.17) is 0 Å². The maximum atomic E-state index is 11.3. The Bertz CT molecular complexity index is 1690. The summed E-state index contributed by atoms with van der Waals surface area (Å²) >= 11 is 1.48. The molecule has 0 saturated carbocycles. The van der Waals surface area contributed by atoms with Crippen LogP contribution in [0.2, 0.25) is 0 Å². The first-order chi connectivity index (χ1) is 16.3. The maximum Gasteiger partial charge on any atom is 0.276 e. The standard InChI is InChI=1S/C9H8N2O.C7H6N2OS.C6H6N4O.2CH4/c1-6-10-8-5-3-2-4-7(8)9(12)11-6;1-4-8-6(10)5-2-3-11-7(5)9-4;1-3-8-4-2-7-10-5(4)6(11)9-3;;/h2-5H,1H3,(H,10,11,12);2-3H,1H3,(H,8,9,10);2H,1H3,(H,7,10)(H,8,9,11);2*1H4. The van der Waals surface area contributed by atoms with Gasteiger partial charge >= 0.3 is 0 Å². The predicted octanol–water partition coefficient (Wildman–Crippen LogP) is 3.75. The molecule has 0 aliphatic carbocycles. The summed E-state index contributed by atoms with van der Waals surface area (Å²) in [5.41, 5.74) is 1.48. The molecule has 0 spiro atoms. The van der Waals surface area contributed by atoms with Crippen LogP contribution in [0.15, 0.2) is 56.3 Å². The molecule has 5 aromatic heterocycles. The van der Waals surface area contributed by atoms with Gasteiger partial charge in [-0.05, 0) is 44.4 Å². The Balaban J connectivity index is 0.000000185. The number of hydrogen-bond acceptors (Lipinski definition) is 8. The van der Waals surface area contributed by atoms with Crippen LogP contribution in [0.3, 0.4) is 0 Å². The van der Waals surface area contributed by atoms with Crippen LogP contribution in [0, 0.1) is 20.8 Å². The second-order valence-corrected chi connectivity index (χ2v) is 8.14. The van der Waals surface area contributed by atoms with Crippen LogP contribution in [-0.4, -0.2) is 40.1 Å². The summed E-state index contributed by atoms with van der Waals surface area (Å²) < 4.78 is 0. The Morgan fingerprint density at radius 2 is 1.28 bits per heavy atom. The van der Waals surface area contributed by atoms with Gasteiger partial charge < -0.3 is 15.0 Å². The zero-order valence-corrected chi connectivity index (χ0v) is 19.3. The topological polar surface area (TPSA) is 166 Å². The zero-order valence-electron chi connectivity index (χ0n) is 18.5. The van der Waals surface area contributed by atoms with Crippen LogP contribution in [0.4, 0.5) is 0 Å². The molecule has 4 N–H and O–H groups in total. The summed E-state index contributed by atoms with van der Waals surface area (Å²) in [6, 6.07) is 9.08. The quantitative estimate of drug-likeness (QED) is 0.242. The molecule has 6 aromatic rings. The van der Waals surface area contributed by atoms with E-state index in [9.17, 15) is 14.4 Å². The molecule has 5 heterocycles. The second-order valence-electron chi connectivity index (χ2n) is 7.24. The van der Waals surface area contributed by atoms with Crippen molar-refractivity contribution in [1.82, 2.24) is 40.1 Å². The first kappa shape index (κ1) is 27.8. The zero-order chi connectivity index (χ0) is 24.2. The van der Waals surface area contributed by atoms with Crippen molar-refractivity contribution in [2.24, 2.45) is 0 Å². The number of aromatic nitrogens is 8. The molecule has 188 valence electrons. The van der Waals surface area contributed by atoms with Gasteiger partial charge in [0.1, 0.15) is 33.3 Å². The molecule has 0 aliphatic heterocycles. The van der Waals surface area contributed by atoms with Gasteiger partial charge in [0.25, 0.3) is 16.7 Å². The van der Waals surface area contributed by atoms with Gasteiger partial charge in [0.05, 0.1) is 22.5 Å². The van der Waals surface area contributed by atoms with Crippen molar-refractivity contribution in [2.45, 2.75) is 35.6 Å². The lowest BCUT2D eigenvalue weighted by Gasteiger charge is -1.95. The summed E-state index contributed by atoms with van der Waals surface area (Å²) in [5, 5.41) is 9.44. The Morgan fingerprint density at radius 3 is 2.00 bits per heavy atom. The molecule has 12 heteroatoms. The third-order valence-electron chi connectivity index (χ3n) is 4.61. The van der Waals surface area contributed by atoms with Crippen LogP contribution in [0.1, 0.15) is 32.3 Å². The van der Waals surface area contributed by atoms with Crippen LogP contribution >= 0.6 is 11.3 Å². The molecule has 0 radical (unpaired) electrons. The minimum absolute atomic E-state index is 0. The fourth-order valence-electron chi connectivity index (χ4n) is 3.14. The van der Waals surface area contributed by atoms with Crippen molar-refractivity contribution < 1.29 is 0 Å². The summed E-state index contributed by atoms with van der Waals surface area (Å²) in [6.45, 7) is 5.28. The van der Waals surface area contributed by atoms with E-state index in [0.717, 1.165) is 10.3 Å². The molecular weight excluding hydrogens is 480 g/mol. The van der Waals surface area contributed by atoms with Gasteiger partial charge in [0.2, 0.25) is 0 Å². The maximum absolute atomic E-state index is 11.3. The minimum Gasteiger partial charge on any atom is -0.310 e. The van der Waals surface area contributed by atoms with E-state index in [2.05, 4.69) is 40.1 Å². The molecule has 0 atom stereocenters. The third-order valence-corrected chi connectivity index (χ3v) is 5.42. The normalized spacial score (nSPS) is 9.97. The van der Waals surface area contributed by atoms with Gasteiger partial charge in [-0.25, -0.2) is 15.0 Å². The number of fused-ring (bicyclic) bond motifs is 3. The number of H-pyrrole nitrogens is 4. The van der Waals surface area contributed by atoms with Gasteiger partial charge in [-0.15, -0.1) is 11.3 Å². The number of para-hydroxylation sites is 1. The highest BCUT2D eigenvalue weighted by molar-refractivity contribution is 7.16.